The highest BCUT2D eigenvalue weighted by Crippen LogP contribution is 2.42. The molecule has 0 bridgehead atoms. The highest BCUT2D eigenvalue weighted by molar-refractivity contribution is 7.46. The van der Waals surface area contributed by atoms with Gasteiger partial charge in [-0.3, -0.25) is 14.1 Å². The number of aliphatic carboxylic acids is 1. The van der Waals surface area contributed by atoms with Gasteiger partial charge in [-0.2, -0.15) is 0 Å². The summed E-state index contributed by atoms with van der Waals surface area (Å²) in [5.74, 6) is -2.57. The quantitative estimate of drug-likeness (QED) is 0.0202. The lowest BCUT2D eigenvalue weighted by Crippen LogP contribution is -2.67. The zero-order chi connectivity index (χ0) is 67.5. The van der Waals surface area contributed by atoms with E-state index in [2.05, 4.69) is 38.3 Å². The van der Waals surface area contributed by atoms with Crippen LogP contribution >= 0.6 is 7.82 Å². The number of carboxylic acids is 1. The normalized spacial score (nSPS) is 22.9. The van der Waals surface area contributed by atoms with Crippen LogP contribution in [0.3, 0.4) is 0 Å². The van der Waals surface area contributed by atoms with Crippen molar-refractivity contribution in [3.8, 4) is 0 Å². The molecule has 0 aromatic rings. The van der Waals surface area contributed by atoms with Crippen molar-refractivity contribution in [2.45, 2.75) is 390 Å². The number of amides is 2. The van der Waals surface area contributed by atoms with Gasteiger partial charge in [0.2, 0.25) is 11.8 Å². The second-order valence-electron chi connectivity index (χ2n) is 26.5. The maximum absolute atomic E-state index is 13.8. The summed E-state index contributed by atoms with van der Waals surface area (Å²) in [4.78, 5) is 59.4. The van der Waals surface area contributed by atoms with Gasteiger partial charge in [-0.1, -0.05) is 259 Å². The maximum atomic E-state index is 13.8. The maximum Gasteiger partial charge on any atom is 0.470 e. The van der Waals surface area contributed by atoms with Gasteiger partial charge in [0.15, 0.2) is 12.6 Å². The van der Waals surface area contributed by atoms with Crippen molar-refractivity contribution in [3.05, 3.63) is 0 Å². The number of hydrogen-bond donors (Lipinski definition) is 9. The van der Waals surface area contributed by atoms with Crippen LogP contribution in [0.15, 0.2) is 0 Å². The molecule has 2 rings (SSSR count). The summed E-state index contributed by atoms with van der Waals surface area (Å²) < 4.78 is 61.8. The Labute approximate surface area is 556 Å². The summed E-state index contributed by atoms with van der Waals surface area (Å²) >= 11 is 0. The lowest BCUT2D eigenvalue weighted by Gasteiger charge is -2.47. The summed E-state index contributed by atoms with van der Waals surface area (Å²) in [6.07, 6.45) is 30.2. The number of nitrogens with one attached hydrogen (secondary N) is 2. The van der Waals surface area contributed by atoms with E-state index in [1.807, 2.05) is 0 Å². The molecule has 22 heteroatoms. The standard InChI is InChI=1S/C70H135N2O19P/c1-6-10-14-18-22-26-30-34-38-42-48-84-58(45-41-37-33-29-25-21-17-13-9-4)47-50-86-68-64(71-55(5)74)70(89-59(52-73)66(68)91-92(81,82)83)87-53-60-65(80)67(85-49-46-56(75)43-39-35-31-27-23-19-15-11-7-2)63(69(90-60)88-54-62(78)79)72-61(77)51-57(76)44-40-36-32-28-24-20-16-12-8-3/h56-60,63-70,73,75-76,80H,6-54H2,1-5H3,(H,71,74)(H,72,77)(H,78,79)(H2,81,82,83)/t56-,57-,58-,59-,60-,63-,64-,65-,66+,67-,68-,69+,70-/m1/s1. The predicted molar refractivity (Wildman–Crippen MR) is 359 cm³/mol. The molecular formula is C70H135N2O19P. The van der Waals surface area contributed by atoms with Crippen molar-refractivity contribution >= 4 is 25.6 Å². The van der Waals surface area contributed by atoms with Crippen LogP contribution in [0, 0.1) is 0 Å². The van der Waals surface area contributed by atoms with Crippen LogP contribution in [0.4, 0.5) is 0 Å². The van der Waals surface area contributed by atoms with Crippen molar-refractivity contribution in [1.82, 2.24) is 10.6 Å². The van der Waals surface area contributed by atoms with Gasteiger partial charge in [0.05, 0.1) is 37.9 Å². The molecule has 2 aliphatic heterocycles. The summed E-state index contributed by atoms with van der Waals surface area (Å²) in [5.41, 5.74) is 0. The van der Waals surface area contributed by atoms with Gasteiger partial charge in [0.1, 0.15) is 55.3 Å². The fourth-order valence-corrected chi connectivity index (χ4v) is 13.1. The third kappa shape index (κ3) is 42.7. The van der Waals surface area contributed by atoms with Crippen molar-refractivity contribution in [1.29, 1.82) is 0 Å². The van der Waals surface area contributed by atoms with E-state index in [0.29, 0.717) is 25.9 Å². The molecular weight excluding hydrogens is 1200 g/mol. The number of phosphoric acid groups is 1. The fourth-order valence-electron chi connectivity index (χ4n) is 12.6. The second kappa shape index (κ2) is 56.0. The second-order valence-corrected chi connectivity index (χ2v) is 27.7. The third-order valence-electron chi connectivity index (χ3n) is 17.9. The zero-order valence-electron chi connectivity index (χ0n) is 58.1. The molecule has 0 aromatic heterocycles. The van der Waals surface area contributed by atoms with E-state index in [9.17, 15) is 54.3 Å². The molecule has 21 nitrogen and oxygen atoms in total. The topological polar surface area (TPSA) is 308 Å². The first-order valence-corrected chi connectivity index (χ1v) is 38.6. The van der Waals surface area contributed by atoms with Crippen LogP contribution in [0.5, 0.6) is 0 Å². The smallest absolute Gasteiger partial charge is 0.470 e. The van der Waals surface area contributed by atoms with E-state index < -0.39 is 119 Å². The summed E-state index contributed by atoms with van der Waals surface area (Å²) in [5, 5.41) is 60.5. The Balaban J connectivity index is 2.38. The number of phosphoric ester groups is 1. The van der Waals surface area contributed by atoms with Crippen LogP contribution in [0.2, 0.25) is 0 Å². The first kappa shape index (κ1) is 86.2. The molecule has 0 aliphatic carbocycles. The molecule has 2 amide bonds. The average molecular weight is 1340 g/mol. The number of unbranched alkanes of at least 4 members (excludes halogenated alkanes) is 33. The largest absolute Gasteiger partial charge is 0.480 e. The van der Waals surface area contributed by atoms with Crippen molar-refractivity contribution < 1.29 is 91.9 Å². The van der Waals surface area contributed by atoms with E-state index >= 15 is 0 Å². The lowest BCUT2D eigenvalue weighted by atomic mass is 9.95. The van der Waals surface area contributed by atoms with Gasteiger partial charge in [-0.15, -0.1) is 0 Å². The highest BCUT2D eigenvalue weighted by atomic mass is 31.2. The van der Waals surface area contributed by atoms with E-state index in [1.54, 1.807) is 0 Å². The minimum absolute atomic E-state index is 0.00386. The Morgan fingerprint density at radius 1 is 0.478 bits per heavy atom. The molecule has 13 atom stereocenters. The Hall–Kier alpha value is -1.92. The Morgan fingerprint density at radius 2 is 0.891 bits per heavy atom. The fraction of sp³-hybridized carbons (Fsp3) is 0.957. The molecule has 0 radical (unpaired) electrons. The molecule has 0 unspecified atom stereocenters. The van der Waals surface area contributed by atoms with E-state index in [-0.39, 0.29) is 32.2 Å². The first-order chi connectivity index (χ1) is 44.5. The van der Waals surface area contributed by atoms with Crippen LogP contribution in [-0.4, -0.2) is 172 Å². The van der Waals surface area contributed by atoms with Crippen LogP contribution < -0.4 is 10.6 Å². The number of rotatable bonds is 63. The van der Waals surface area contributed by atoms with Crippen LogP contribution in [0.25, 0.3) is 0 Å². The number of aliphatic hydroxyl groups is 4. The van der Waals surface area contributed by atoms with Gasteiger partial charge in [-0.05, 0) is 38.5 Å². The molecule has 2 aliphatic rings. The molecule has 2 heterocycles. The molecule has 0 spiro atoms. The molecule has 544 valence electrons. The number of hydrogen-bond acceptors (Lipinski definition) is 16. The minimum Gasteiger partial charge on any atom is -0.480 e. The average Bonchev–Trinajstić information content (AvgIpc) is 0.803. The molecule has 0 aromatic carbocycles. The Kier molecular flexibility index (Phi) is 52.5. The van der Waals surface area contributed by atoms with E-state index in [0.717, 1.165) is 96.3 Å². The SMILES string of the molecule is CCCCCCCCCCCCO[C@H](CCCCCCCCCCC)CCO[C@@H]1[C@@H](NC(C)=O)[C@H](OC[C@H]2O[C@H](OCC(=O)O)[C@H](NC(=O)C[C@H](O)CCCCCCCCCCC)[C@@H](OCC[C@H](O)CCCCCCCCCCC)[C@@H]2O)O[C@H](CO)[C@@H]1OP(=O)(O)O. The van der Waals surface area contributed by atoms with Crippen molar-refractivity contribution in [2.24, 2.45) is 0 Å². The van der Waals surface area contributed by atoms with Gasteiger partial charge in [-0.25, -0.2) is 9.36 Å². The van der Waals surface area contributed by atoms with E-state index in [4.69, 9.17) is 37.7 Å². The number of carbonyl (C=O) groups excluding carboxylic acids is 2. The molecule has 2 fully saturated rings. The monoisotopic (exact) mass is 1340 g/mol. The number of aliphatic hydroxyl groups excluding tert-OH is 4. The Morgan fingerprint density at radius 3 is 1.36 bits per heavy atom. The molecule has 92 heavy (non-hydrogen) atoms. The van der Waals surface area contributed by atoms with Crippen molar-refractivity contribution in [2.75, 3.05) is 39.6 Å². The lowest BCUT2D eigenvalue weighted by molar-refractivity contribution is -0.307. The van der Waals surface area contributed by atoms with Gasteiger partial charge < -0.3 is 79.1 Å². The summed E-state index contributed by atoms with van der Waals surface area (Å²) in [6.45, 7) is 8.24. The molecule has 9 N–H and O–H groups in total. The minimum atomic E-state index is -5.29. The summed E-state index contributed by atoms with van der Waals surface area (Å²) in [6, 6.07) is -2.67. The molecule has 2 saturated heterocycles. The summed E-state index contributed by atoms with van der Waals surface area (Å²) in [7, 11) is -5.29. The first-order valence-electron chi connectivity index (χ1n) is 37.0. The van der Waals surface area contributed by atoms with Gasteiger partial charge in [0, 0.05) is 26.7 Å². The van der Waals surface area contributed by atoms with E-state index in [1.165, 1.54) is 155 Å². The third-order valence-corrected chi connectivity index (χ3v) is 18.5. The predicted octanol–water partition coefficient (Wildman–Crippen LogP) is 13.1. The van der Waals surface area contributed by atoms with Gasteiger partial charge in [0.25, 0.3) is 0 Å². The molecule has 0 saturated carbocycles. The zero-order valence-corrected chi connectivity index (χ0v) is 59.0. The Bertz CT molecular complexity index is 1820. The number of ether oxygens (including phenoxy) is 7. The number of carboxylic acid groups (broad SMARTS) is 1. The highest BCUT2D eigenvalue weighted by Gasteiger charge is 2.52. The number of carbonyl (C=O) groups is 3. The van der Waals surface area contributed by atoms with Crippen LogP contribution in [0.1, 0.15) is 311 Å². The van der Waals surface area contributed by atoms with Crippen LogP contribution in [-0.2, 0) is 56.6 Å². The van der Waals surface area contributed by atoms with Crippen molar-refractivity contribution in [3.63, 3.8) is 0 Å². The van der Waals surface area contributed by atoms with Gasteiger partial charge >= 0.3 is 13.8 Å².